The largest absolute Gasteiger partial charge is 0.468 e. The lowest BCUT2D eigenvalue weighted by Crippen LogP contribution is -2.56. The summed E-state index contributed by atoms with van der Waals surface area (Å²) in [6.07, 6.45) is 3.78. The second-order valence-corrected chi connectivity index (χ2v) is 5.41. The topological polar surface area (TPSA) is 47.6 Å². The van der Waals surface area contributed by atoms with E-state index in [9.17, 15) is 4.79 Å². The Kier molecular flexibility index (Phi) is 5.40. The fourth-order valence-electron chi connectivity index (χ4n) is 1.95. The SMILES string of the molecule is COC(=O)C(C)(COCCC1CC1)NC(C)C. The molecular weight excluding hydrogens is 218 g/mol. The maximum absolute atomic E-state index is 11.7. The Balaban J connectivity index is 2.35. The van der Waals surface area contributed by atoms with E-state index in [1.165, 1.54) is 20.0 Å². The van der Waals surface area contributed by atoms with Crippen LogP contribution in [-0.4, -0.2) is 37.9 Å². The quantitative estimate of drug-likeness (QED) is 0.521. The number of hydrogen-bond donors (Lipinski definition) is 1. The van der Waals surface area contributed by atoms with Crippen LogP contribution in [0.15, 0.2) is 0 Å². The normalized spacial score (nSPS) is 19.1. The van der Waals surface area contributed by atoms with Gasteiger partial charge in [-0.3, -0.25) is 5.32 Å². The van der Waals surface area contributed by atoms with Gasteiger partial charge in [-0.25, -0.2) is 4.79 Å². The van der Waals surface area contributed by atoms with Crippen molar-refractivity contribution < 1.29 is 14.3 Å². The predicted molar refractivity (Wildman–Crippen MR) is 66.9 cm³/mol. The maximum atomic E-state index is 11.7. The fourth-order valence-corrected chi connectivity index (χ4v) is 1.95. The lowest BCUT2D eigenvalue weighted by molar-refractivity contribution is -0.151. The summed E-state index contributed by atoms with van der Waals surface area (Å²) in [5, 5.41) is 3.21. The van der Waals surface area contributed by atoms with E-state index in [4.69, 9.17) is 9.47 Å². The molecule has 0 saturated heterocycles. The zero-order valence-electron chi connectivity index (χ0n) is 11.4. The molecule has 1 aliphatic rings. The number of hydrogen-bond acceptors (Lipinski definition) is 4. The van der Waals surface area contributed by atoms with Crippen LogP contribution >= 0.6 is 0 Å². The molecule has 1 aliphatic carbocycles. The summed E-state index contributed by atoms with van der Waals surface area (Å²) in [5.41, 5.74) is -0.744. The Morgan fingerprint density at radius 1 is 1.47 bits per heavy atom. The van der Waals surface area contributed by atoms with Crippen molar-refractivity contribution in [2.75, 3.05) is 20.3 Å². The van der Waals surface area contributed by atoms with Crippen LogP contribution in [0.25, 0.3) is 0 Å². The minimum absolute atomic E-state index is 0.214. The van der Waals surface area contributed by atoms with E-state index in [0.29, 0.717) is 6.61 Å². The van der Waals surface area contributed by atoms with Crippen LogP contribution in [0, 0.1) is 5.92 Å². The molecule has 0 aromatic carbocycles. The van der Waals surface area contributed by atoms with Crippen molar-refractivity contribution in [1.29, 1.82) is 0 Å². The molecule has 4 nitrogen and oxygen atoms in total. The monoisotopic (exact) mass is 243 g/mol. The van der Waals surface area contributed by atoms with E-state index in [1.807, 2.05) is 20.8 Å². The summed E-state index contributed by atoms with van der Waals surface area (Å²) < 4.78 is 10.4. The standard InChI is InChI=1S/C13H25NO3/c1-10(2)14-13(3,12(15)16-4)9-17-8-7-11-5-6-11/h10-11,14H,5-9H2,1-4H3. The Bertz CT molecular complexity index is 251. The Morgan fingerprint density at radius 2 is 2.12 bits per heavy atom. The van der Waals surface area contributed by atoms with Gasteiger partial charge in [-0.2, -0.15) is 0 Å². The molecule has 0 heterocycles. The summed E-state index contributed by atoms with van der Waals surface area (Å²) in [6.45, 7) is 6.94. The average molecular weight is 243 g/mol. The number of rotatable bonds is 8. The third kappa shape index (κ3) is 5.04. The van der Waals surface area contributed by atoms with Gasteiger partial charge in [-0.15, -0.1) is 0 Å². The zero-order chi connectivity index (χ0) is 12.9. The lowest BCUT2D eigenvalue weighted by atomic mass is 10.0. The predicted octanol–water partition coefficient (Wildman–Crippen LogP) is 1.73. The zero-order valence-corrected chi connectivity index (χ0v) is 11.4. The van der Waals surface area contributed by atoms with Crippen molar-refractivity contribution in [3.05, 3.63) is 0 Å². The van der Waals surface area contributed by atoms with Crippen molar-refractivity contribution >= 4 is 5.97 Å². The first kappa shape index (κ1) is 14.5. The maximum Gasteiger partial charge on any atom is 0.328 e. The van der Waals surface area contributed by atoms with Crippen LogP contribution in [0.1, 0.15) is 40.0 Å². The highest BCUT2D eigenvalue weighted by atomic mass is 16.5. The Hall–Kier alpha value is -0.610. The number of carbonyl (C=O) groups is 1. The minimum atomic E-state index is -0.744. The van der Waals surface area contributed by atoms with Gasteiger partial charge in [0.1, 0.15) is 5.54 Å². The van der Waals surface area contributed by atoms with Crippen LogP contribution in [-0.2, 0) is 14.3 Å². The summed E-state index contributed by atoms with van der Waals surface area (Å²) >= 11 is 0. The first-order chi connectivity index (χ1) is 7.98. The molecule has 0 bridgehead atoms. The Labute approximate surface area is 104 Å². The third-order valence-electron chi connectivity index (χ3n) is 3.00. The van der Waals surface area contributed by atoms with Gasteiger partial charge in [0.25, 0.3) is 0 Å². The highest BCUT2D eigenvalue weighted by molar-refractivity contribution is 5.80. The van der Waals surface area contributed by atoms with Gasteiger partial charge in [-0.05, 0) is 33.1 Å². The average Bonchev–Trinajstić information content (AvgIpc) is 3.06. The smallest absolute Gasteiger partial charge is 0.328 e. The number of esters is 1. The van der Waals surface area contributed by atoms with E-state index in [2.05, 4.69) is 5.32 Å². The molecule has 0 spiro atoms. The molecule has 100 valence electrons. The van der Waals surface area contributed by atoms with Crippen molar-refractivity contribution in [2.45, 2.75) is 51.6 Å². The van der Waals surface area contributed by atoms with Crippen molar-refractivity contribution in [3.8, 4) is 0 Å². The van der Waals surface area contributed by atoms with Crippen molar-refractivity contribution in [3.63, 3.8) is 0 Å². The van der Waals surface area contributed by atoms with Crippen molar-refractivity contribution in [2.24, 2.45) is 5.92 Å². The molecule has 4 heteroatoms. The molecule has 1 fully saturated rings. The highest BCUT2D eigenvalue weighted by Crippen LogP contribution is 2.32. The molecule has 0 aliphatic heterocycles. The van der Waals surface area contributed by atoms with Gasteiger partial charge >= 0.3 is 5.97 Å². The van der Waals surface area contributed by atoms with Gasteiger partial charge in [-0.1, -0.05) is 12.8 Å². The highest BCUT2D eigenvalue weighted by Gasteiger charge is 2.35. The molecule has 0 aromatic rings. The fraction of sp³-hybridized carbons (Fsp3) is 0.923. The van der Waals surface area contributed by atoms with E-state index < -0.39 is 5.54 Å². The molecule has 0 radical (unpaired) electrons. The summed E-state index contributed by atoms with van der Waals surface area (Å²) in [4.78, 5) is 11.7. The summed E-state index contributed by atoms with van der Waals surface area (Å²) in [7, 11) is 1.41. The Morgan fingerprint density at radius 3 is 2.59 bits per heavy atom. The number of nitrogens with one attached hydrogen (secondary N) is 1. The van der Waals surface area contributed by atoms with Crippen molar-refractivity contribution in [1.82, 2.24) is 5.32 Å². The molecule has 1 atom stereocenters. The van der Waals surface area contributed by atoms with Gasteiger partial charge in [0.2, 0.25) is 0 Å². The summed E-state index contributed by atoms with van der Waals surface area (Å²) in [6, 6.07) is 0.214. The molecule has 1 N–H and O–H groups in total. The summed E-state index contributed by atoms with van der Waals surface area (Å²) in [5.74, 6) is 0.593. The van der Waals surface area contributed by atoms with Crippen LogP contribution in [0.3, 0.4) is 0 Å². The number of methoxy groups -OCH3 is 1. The molecular formula is C13H25NO3. The second-order valence-electron chi connectivity index (χ2n) is 5.41. The van der Waals surface area contributed by atoms with Gasteiger partial charge in [0.15, 0.2) is 0 Å². The van der Waals surface area contributed by atoms with Gasteiger partial charge < -0.3 is 9.47 Å². The van der Waals surface area contributed by atoms with E-state index in [-0.39, 0.29) is 12.0 Å². The lowest BCUT2D eigenvalue weighted by Gasteiger charge is -2.29. The number of carbonyl (C=O) groups excluding carboxylic acids is 1. The minimum Gasteiger partial charge on any atom is -0.468 e. The van der Waals surface area contributed by atoms with Gasteiger partial charge in [0.05, 0.1) is 13.7 Å². The molecule has 17 heavy (non-hydrogen) atoms. The van der Waals surface area contributed by atoms with Crippen LogP contribution < -0.4 is 5.32 Å². The van der Waals surface area contributed by atoms with Crippen LogP contribution in [0.5, 0.6) is 0 Å². The third-order valence-corrected chi connectivity index (χ3v) is 3.00. The van der Waals surface area contributed by atoms with Crippen LogP contribution in [0.4, 0.5) is 0 Å². The van der Waals surface area contributed by atoms with Crippen LogP contribution in [0.2, 0.25) is 0 Å². The van der Waals surface area contributed by atoms with E-state index >= 15 is 0 Å². The molecule has 1 saturated carbocycles. The van der Waals surface area contributed by atoms with E-state index in [0.717, 1.165) is 18.9 Å². The first-order valence-corrected chi connectivity index (χ1v) is 6.42. The molecule has 1 unspecified atom stereocenters. The molecule has 1 rings (SSSR count). The molecule has 0 amide bonds. The molecule has 0 aromatic heterocycles. The van der Waals surface area contributed by atoms with E-state index in [1.54, 1.807) is 0 Å². The number of ether oxygens (including phenoxy) is 2. The first-order valence-electron chi connectivity index (χ1n) is 6.42. The second kappa shape index (κ2) is 6.36. The van der Waals surface area contributed by atoms with Gasteiger partial charge in [0, 0.05) is 12.6 Å².